The average molecular weight is 206 g/mol. The molecule has 0 aromatic rings. The molecule has 0 saturated heterocycles. The maximum absolute atomic E-state index is 7.62. The van der Waals surface area contributed by atoms with Gasteiger partial charge >= 0.3 is 0 Å². The van der Waals surface area contributed by atoms with Gasteiger partial charge < -0.3 is 14.9 Å². The summed E-state index contributed by atoms with van der Waals surface area (Å²) < 4.78 is 4.95. The lowest BCUT2D eigenvalue weighted by atomic mass is 10.1. The zero-order valence-corrected chi connectivity index (χ0v) is 9.67. The molecule has 0 atom stereocenters. The zero-order chi connectivity index (χ0) is 11.1. The van der Waals surface area contributed by atoms with Gasteiger partial charge in [-0.05, 0) is 6.42 Å². The number of hydrogen-bond acceptors (Lipinski definition) is 3. The van der Waals surface area contributed by atoms with Crippen molar-refractivity contribution in [3.8, 4) is 0 Å². The molecule has 14 heavy (non-hydrogen) atoms. The van der Waals surface area contributed by atoms with Crippen LogP contribution in [0.4, 0.5) is 0 Å². The van der Waals surface area contributed by atoms with Gasteiger partial charge in [0.25, 0.3) is 0 Å². The Morgan fingerprint density at radius 3 is 1.79 bits per heavy atom. The summed E-state index contributed by atoms with van der Waals surface area (Å²) in [7, 11) is 1.77. The van der Waals surface area contributed by atoms with Gasteiger partial charge in [-0.1, -0.05) is 39.0 Å². The topological polar surface area (TPSA) is 49.7 Å². The fraction of sp³-hybridized carbons (Fsp3) is 1.00. The van der Waals surface area contributed by atoms with Crippen molar-refractivity contribution in [2.45, 2.75) is 45.4 Å². The normalized spacial score (nSPS) is 9.43. The van der Waals surface area contributed by atoms with Gasteiger partial charge in [0.15, 0.2) is 0 Å². The third-order valence-electron chi connectivity index (χ3n) is 1.80. The molecule has 0 aliphatic rings. The molecule has 0 amide bonds. The molecular formula is C11H26O3. The number of aliphatic hydroxyl groups is 2. The predicted octanol–water partition coefficient (Wildman–Crippen LogP) is 1.96. The van der Waals surface area contributed by atoms with Crippen LogP contribution in [0.3, 0.4) is 0 Å². The number of unbranched alkanes of at least 4 members (excludes halogenated alkanes) is 5. The largest absolute Gasteiger partial charge is 0.394 e. The lowest BCUT2D eigenvalue weighted by Crippen LogP contribution is -1.87. The van der Waals surface area contributed by atoms with E-state index in [4.69, 9.17) is 14.9 Å². The van der Waals surface area contributed by atoms with Crippen LogP contribution in [0, 0.1) is 0 Å². The third-order valence-corrected chi connectivity index (χ3v) is 1.80. The molecule has 0 aromatic carbocycles. The molecule has 3 heteroatoms. The van der Waals surface area contributed by atoms with Gasteiger partial charge in [-0.25, -0.2) is 0 Å². The van der Waals surface area contributed by atoms with Crippen molar-refractivity contribution in [2.75, 3.05) is 26.9 Å². The Kier molecular flexibility index (Phi) is 21.7. The SMILES string of the molecule is CCCCCCCCOC.OCCO. The second-order valence-electron chi connectivity index (χ2n) is 3.21. The van der Waals surface area contributed by atoms with E-state index in [1.807, 2.05) is 0 Å². The summed E-state index contributed by atoms with van der Waals surface area (Å²) in [5, 5.41) is 15.2. The fourth-order valence-electron chi connectivity index (χ4n) is 1.03. The molecule has 0 aliphatic carbocycles. The van der Waals surface area contributed by atoms with Crippen LogP contribution in [0.5, 0.6) is 0 Å². The first-order valence-electron chi connectivity index (χ1n) is 5.54. The fourth-order valence-corrected chi connectivity index (χ4v) is 1.03. The van der Waals surface area contributed by atoms with Gasteiger partial charge in [0.05, 0.1) is 13.2 Å². The highest BCUT2D eigenvalue weighted by Gasteiger charge is 1.87. The first-order chi connectivity index (χ1) is 6.83. The lowest BCUT2D eigenvalue weighted by molar-refractivity contribution is 0.186. The van der Waals surface area contributed by atoms with Crippen LogP contribution in [0.15, 0.2) is 0 Å². The van der Waals surface area contributed by atoms with E-state index in [0.29, 0.717) is 0 Å². The van der Waals surface area contributed by atoms with Crippen LogP contribution in [0.25, 0.3) is 0 Å². The Bertz CT molecular complexity index is 66.9. The van der Waals surface area contributed by atoms with Gasteiger partial charge in [-0.2, -0.15) is 0 Å². The van der Waals surface area contributed by atoms with Crippen molar-refractivity contribution in [3.63, 3.8) is 0 Å². The predicted molar refractivity (Wildman–Crippen MR) is 59.4 cm³/mol. The molecule has 0 bridgehead atoms. The van der Waals surface area contributed by atoms with E-state index in [2.05, 4.69) is 6.92 Å². The molecule has 0 fully saturated rings. The first-order valence-corrected chi connectivity index (χ1v) is 5.54. The van der Waals surface area contributed by atoms with Crippen LogP contribution in [-0.4, -0.2) is 37.1 Å². The molecule has 0 aromatic heterocycles. The minimum Gasteiger partial charge on any atom is -0.394 e. The molecule has 0 rings (SSSR count). The Balaban J connectivity index is 0. The minimum atomic E-state index is -0.125. The highest BCUT2D eigenvalue weighted by atomic mass is 16.5. The van der Waals surface area contributed by atoms with E-state index in [1.54, 1.807) is 7.11 Å². The molecule has 2 N–H and O–H groups in total. The van der Waals surface area contributed by atoms with Crippen molar-refractivity contribution >= 4 is 0 Å². The van der Waals surface area contributed by atoms with Crippen LogP contribution >= 0.6 is 0 Å². The molecule has 3 nitrogen and oxygen atoms in total. The summed E-state index contributed by atoms with van der Waals surface area (Å²) in [6.07, 6.45) is 8.10. The van der Waals surface area contributed by atoms with Crippen LogP contribution in [-0.2, 0) is 4.74 Å². The Morgan fingerprint density at radius 2 is 1.36 bits per heavy atom. The number of ether oxygens (including phenoxy) is 1. The summed E-state index contributed by atoms with van der Waals surface area (Å²) in [5.74, 6) is 0. The van der Waals surface area contributed by atoms with Crippen LogP contribution < -0.4 is 0 Å². The number of aliphatic hydroxyl groups excluding tert-OH is 2. The Morgan fingerprint density at radius 1 is 0.857 bits per heavy atom. The number of rotatable bonds is 8. The molecule has 0 spiro atoms. The van der Waals surface area contributed by atoms with E-state index >= 15 is 0 Å². The zero-order valence-electron chi connectivity index (χ0n) is 9.67. The molecule has 88 valence electrons. The van der Waals surface area contributed by atoms with E-state index in [0.717, 1.165) is 6.61 Å². The monoisotopic (exact) mass is 206 g/mol. The van der Waals surface area contributed by atoms with Crippen molar-refractivity contribution in [3.05, 3.63) is 0 Å². The minimum absolute atomic E-state index is 0.125. The second-order valence-corrected chi connectivity index (χ2v) is 3.21. The number of hydrogen-bond donors (Lipinski definition) is 2. The summed E-state index contributed by atoms with van der Waals surface area (Å²) in [5.41, 5.74) is 0. The molecular weight excluding hydrogens is 180 g/mol. The number of methoxy groups -OCH3 is 1. The van der Waals surface area contributed by atoms with Crippen LogP contribution in [0.1, 0.15) is 45.4 Å². The summed E-state index contributed by atoms with van der Waals surface area (Å²) in [6, 6.07) is 0. The van der Waals surface area contributed by atoms with E-state index in [9.17, 15) is 0 Å². The van der Waals surface area contributed by atoms with Crippen LogP contribution in [0.2, 0.25) is 0 Å². The lowest BCUT2D eigenvalue weighted by Gasteiger charge is -1.98. The maximum atomic E-state index is 7.62. The molecule has 0 aliphatic heterocycles. The Hall–Kier alpha value is -0.120. The summed E-state index contributed by atoms with van der Waals surface area (Å²) in [4.78, 5) is 0. The van der Waals surface area contributed by atoms with Gasteiger partial charge in [0.1, 0.15) is 0 Å². The van der Waals surface area contributed by atoms with Crippen molar-refractivity contribution < 1.29 is 14.9 Å². The van der Waals surface area contributed by atoms with Crippen molar-refractivity contribution in [2.24, 2.45) is 0 Å². The summed E-state index contributed by atoms with van der Waals surface area (Å²) in [6.45, 7) is 2.93. The quantitative estimate of drug-likeness (QED) is 0.597. The van der Waals surface area contributed by atoms with E-state index < -0.39 is 0 Å². The maximum Gasteiger partial charge on any atom is 0.0662 e. The highest BCUT2D eigenvalue weighted by Crippen LogP contribution is 2.04. The molecule has 0 heterocycles. The van der Waals surface area contributed by atoms with Crippen molar-refractivity contribution in [1.82, 2.24) is 0 Å². The van der Waals surface area contributed by atoms with Gasteiger partial charge in [0.2, 0.25) is 0 Å². The van der Waals surface area contributed by atoms with E-state index in [1.165, 1.54) is 38.5 Å². The van der Waals surface area contributed by atoms with Gasteiger partial charge in [-0.15, -0.1) is 0 Å². The molecule has 0 radical (unpaired) electrons. The standard InChI is InChI=1S/C9H20O.C2H6O2/c1-3-4-5-6-7-8-9-10-2;3-1-2-4/h3-9H2,1-2H3;3-4H,1-2H2. The molecule has 0 saturated carbocycles. The third kappa shape index (κ3) is 22.6. The first kappa shape index (κ1) is 16.3. The average Bonchev–Trinajstić information content (AvgIpc) is 2.24. The highest BCUT2D eigenvalue weighted by molar-refractivity contribution is 4.42. The molecule has 0 unspecified atom stereocenters. The second kappa shape index (κ2) is 18.6. The summed E-state index contributed by atoms with van der Waals surface area (Å²) >= 11 is 0. The van der Waals surface area contributed by atoms with Gasteiger partial charge in [0, 0.05) is 13.7 Å². The van der Waals surface area contributed by atoms with E-state index in [-0.39, 0.29) is 13.2 Å². The van der Waals surface area contributed by atoms with Gasteiger partial charge in [-0.3, -0.25) is 0 Å². The smallest absolute Gasteiger partial charge is 0.0662 e. The van der Waals surface area contributed by atoms with Crippen molar-refractivity contribution in [1.29, 1.82) is 0 Å². The Labute approximate surface area is 88.1 Å².